The second-order valence-electron chi connectivity index (χ2n) is 7.68. The van der Waals surface area contributed by atoms with Gasteiger partial charge in [0, 0.05) is 21.3 Å². The van der Waals surface area contributed by atoms with Gasteiger partial charge in [0.25, 0.3) is 0 Å². The van der Waals surface area contributed by atoms with Crippen molar-refractivity contribution < 1.29 is 0 Å². The van der Waals surface area contributed by atoms with E-state index in [0.717, 1.165) is 39.0 Å². The first-order chi connectivity index (χ1) is 15.8. The van der Waals surface area contributed by atoms with Crippen LogP contribution in [0.15, 0.2) is 89.8 Å². The molecule has 148 valence electrons. The highest BCUT2D eigenvalue weighted by Crippen LogP contribution is 2.51. The number of para-hydroxylation sites is 1. The maximum Gasteiger partial charge on any atom is 0.130 e. The molecule has 0 bridgehead atoms. The van der Waals surface area contributed by atoms with Crippen molar-refractivity contribution in [3.05, 3.63) is 95.4 Å². The second kappa shape index (κ2) is 7.10. The molecule has 0 fully saturated rings. The zero-order chi connectivity index (χ0) is 21.7. The molecule has 0 radical (unpaired) electrons. The first-order valence-electron chi connectivity index (χ1n) is 10.2. The number of thiophene rings is 1. The summed E-state index contributed by atoms with van der Waals surface area (Å²) < 4.78 is 1.25. The first kappa shape index (κ1) is 18.4. The van der Waals surface area contributed by atoms with Crippen LogP contribution in [0.25, 0.3) is 38.1 Å². The highest BCUT2D eigenvalue weighted by atomic mass is 32.1. The number of fused-ring (bicyclic) bond motifs is 3. The molecule has 0 unspecified atom stereocenters. The highest BCUT2D eigenvalue weighted by molar-refractivity contribution is 7.17. The maximum atomic E-state index is 9.27. The molecule has 2 heterocycles. The molecule has 5 aromatic rings. The quantitative estimate of drug-likeness (QED) is 0.265. The summed E-state index contributed by atoms with van der Waals surface area (Å²) >= 11 is 1.74. The number of allylic oxidation sites excluding steroid dienone is 1. The smallest absolute Gasteiger partial charge is 0.130 e. The Bertz CT molecular complexity index is 1640. The predicted octanol–water partition coefficient (Wildman–Crippen LogP) is 7.94. The fourth-order valence-corrected chi connectivity index (χ4v) is 5.40. The second-order valence-corrected chi connectivity index (χ2v) is 8.63. The van der Waals surface area contributed by atoms with E-state index in [9.17, 15) is 10.5 Å². The summed E-state index contributed by atoms with van der Waals surface area (Å²) in [5, 5.41) is 24.1. The summed E-state index contributed by atoms with van der Waals surface area (Å²) in [6.07, 6.45) is 1.67. The minimum absolute atomic E-state index is 0.0990. The van der Waals surface area contributed by atoms with Crippen molar-refractivity contribution >= 4 is 55.3 Å². The molecule has 4 heteroatoms. The molecule has 0 saturated heterocycles. The van der Waals surface area contributed by atoms with Gasteiger partial charge in [0.1, 0.15) is 17.7 Å². The van der Waals surface area contributed by atoms with Gasteiger partial charge >= 0.3 is 0 Å². The number of nitrogens with zero attached hydrogens (tertiary/aromatic N) is 3. The molecule has 0 aliphatic carbocycles. The lowest BCUT2D eigenvalue weighted by Crippen LogP contribution is -2.15. The number of anilines is 3. The average molecular weight is 426 g/mol. The lowest BCUT2D eigenvalue weighted by molar-refractivity contribution is 1.29. The summed E-state index contributed by atoms with van der Waals surface area (Å²) in [5.74, 6) is 0. The summed E-state index contributed by atoms with van der Waals surface area (Å²) in [6, 6.07) is 31.5. The zero-order valence-corrected chi connectivity index (χ0v) is 17.7. The van der Waals surface area contributed by atoms with Crippen molar-refractivity contribution in [2.24, 2.45) is 0 Å². The van der Waals surface area contributed by atoms with E-state index in [1.54, 1.807) is 17.4 Å². The molecule has 1 aliphatic rings. The Hall–Kier alpha value is -4.38. The number of hydrogen-bond donors (Lipinski definition) is 0. The molecule has 0 amide bonds. The molecule has 0 saturated carbocycles. The molecule has 0 N–H and O–H groups in total. The maximum absolute atomic E-state index is 9.27. The molecule has 6 rings (SSSR count). The van der Waals surface area contributed by atoms with E-state index in [0.29, 0.717) is 0 Å². The molecule has 0 atom stereocenters. The van der Waals surface area contributed by atoms with E-state index < -0.39 is 0 Å². The van der Waals surface area contributed by atoms with Gasteiger partial charge in [-0.15, -0.1) is 11.3 Å². The molecule has 1 aliphatic heterocycles. The molecule has 1 aromatic heterocycles. The van der Waals surface area contributed by atoms with E-state index in [2.05, 4.69) is 77.0 Å². The highest BCUT2D eigenvalue weighted by Gasteiger charge is 2.26. The Morgan fingerprint density at radius 3 is 2.53 bits per heavy atom. The van der Waals surface area contributed by atoms with Gasteiger partial charge in [-0.25, -0.2) is 0 Å². The molecular formula is C28H15N3S. The van der Waals surface area contributed by atoms with Gasteiger partial charge in [0.05, 0.1) is 11.4 Å². The van der Waals surface area contributed by atoms with E-state index in [-0.39, 0.29) is 5.57 Å². The molecule has 3 nitrogen and oxygen atoms in total. The topological polar surface area (TPSA) is 50.8 Å². The fourth-order valence-electron chi connectivity index (χ4n) is 4.58. The fraction of sp³-hybridized carbons (Fsp3) is 0. The van der Waals surface area contributed by atoms with Gasteiger partial charge in [-0.3, -0.25) is 0 Å². The third kappa shape index (κ3) is 2.65. The minimum Gasteiger partial charge on any atom is -0.309 e. The van der Waals surface area contributed by atoms with Crippen molar-refractivity contribution in [1.29, 1.82) is 10.5 Å². The Morgan fingerprint density at radius 1 is 0.812 bits per heavy atom. The summed E-state index contributed by atoms with van der Waals surface area (Å²) in [6.45, 7) is 0. The third-order valence-electron chi connectivity index (χ3n) is 5.97. The van der Waals surface area contributed by atoms with Gasteiger partial charge in [-0.2, -0.15) is 10.5 Å². The van der Waals surface area contributed by atoms with E-state index >= 15 is 0 Å². The van der Waals surface area contributed by atoms with Crippen LogP contribution < -0.4 is 4.90 Å². The molecular weight excluding hydrogens is 410 g/mol. The van der Waals surface area contributed by atoms with E-state index in [4.69, 9.17) is 0 Å². The van der Waals surface area contributed by atoms with Crippen molar-refractivity contribution in [2.45, 2.75) is 0 Å². The van der Waals surface area contributed by atoms with Crippen molar-refractivity contribution in [2.75, 3.05) is 4.90 Å². The van der Waals surface area contributed by atoms with E-state index in [1.807, 2.05) is 24.3 Å². The number of nitriles is 2. The van der Waals surface area contributed by atoms with Gasteiger partial charge in [-0.1, -0.05) is 48.5 Å². The Labute approximate surface area is 189 Å². The van der Waals surface area contributed by atoms with Gasteiger partial charge in [0.15, 0.2) is 0 Å². The molecule has 4 aromatic carbocycles. The number of rotatable bonds is 2. The van der Waals surface area contributed by atoms with Crippen LogP contribution in [-0.2, 0) is 0 Å². The summed E-state index contributed by atoms with van der Waals surface area (Å²) in [4.78, 5) is 2.31. The lowest BCUT2D eigenvalue weighted by atomic mass is 9.89. The van der Waals surface area contributed by atoms with Crippen LogP contribution in [0.4, 0.5) is 17.1 Å². The van der Waals surface area contributed by atoms with Gasteiger partial charge < -0.3 is 4.90 Å². The van der Waals surface area contributed by atoms with Crippen molar-refractivity contribution in [3.63, 3.8) is 0 Å². The van der Waals surface area contributed by atoms with Crippen LogP contribution in [-0.4, -0.2) is 0 Å². The summed E-state index contributed by atoms with van der Waals surface area (Å²) in [5.41, 5.74) is 6.64. The van der Waals surface area contributed by atoms with E-state index in [1.165, 1.54) is 15.6 Å². The number of benzene rings is 4. The van der Waals surface area contributed by atoms with Gasteiger partial charge in [0.2, 0.25) is 0 Å². The minimum atomic E-state index is 0.0990. The Balaban J connectivity index is 1.70. The van der Waals surface area contributed by atoms with Crippen molar-refractivity contribution in [1.82, 2.24) is 0 Å². The van der Waals surface area contributed by atoms with Crippen LogP contribution in [0.5, 0.6) is 0 Å². The van der Waals surface area contributed by atoms with Crippen LogP contribution in [0, 0.1) is 22.7 Å². The van der Waals surface area contributed by atoms with Crippen LogP contribution in [0.2, 0.25) is 0 Å². The average Bonchev–Trinajstić information content (AvgIpc) is 3.32. The zero-order valence-electron chi connectivity index (χ0n) is 16.9. The monoisotopic (exact) mass is 425 g/mol. The van der Waals surface area contributed by atoms with Crippen LogP contribution >= 0.6 is 11.3 Å². The predicted molar refractivity (Wildman–Crippen MR) is 132 cm³/mol. The Morgan fingerprint density at radius 2 is 1.66 bits per heavy atom. The largest absolute Gasteiger partial charge is 0.309 e. The third-order valence-corrected chi connectivity index (χ3v) is 6.85. The summed E-state index contributed by atoms with van der Waals surface area (Å²) in [7, 11) is 0. The standard InChI is InChI=1S/C28H15N3S/c29-16-18(17-30)14-20-9-11-26-28-22(20)5-3-6-24(28)23-4-1-2-7-25(23)31(26)21-10-8-19-12-13-32-27(19)15-21/h1-15H. The van der Waals surface area contributed by atoms with Crippen LogP contribution in [0.3, 0.4) is 0 Å². The SMILES string of the molecule is N#CC(C#N)=Cc1ccc2c3c(cccc13)-c1ccccc1N2c1ccc2ccsc2c1. The first-order valence-corrected chi connectivity index (χ1v) is 11.1. The van der Waals surface area contributed by atoms with Gasteiger partial charge in [-0.05, 0) is 63.7 Å². The normalized spacial score (nSPS) is 11.6. The lowest BCUT2D eigenvalue weighted by Gasteiger charge is -2.33. The van der Waals surface area contributed by atoms with Crippen molar-refractivity contribution in [3.8, 4) is 23.3 Å². The number of hydrogen-bond acceptors (Lipinski definition) is 4. The molecule has 32 heavy (non-hydrogen) atoms. The van der Waals surface area contributed by atoms with Crippen LogP contribution in [0.1, 0.15) is 5.56 Å². The Kier molecular flexibility index (Phi) is 4.08. The molecule has 0 spiro atoms.